The lowest BCUT2D eigenvalue weighted by Crippen LogP contribution is -2.51. The second-order valence-corrected chi connectivity index (χ2v) is 2.95. The van der Waals surface area contributed by atoms with E-state index in [1.165, 1.54) is 0 Å². The van der Waals surface area contributed by atoms with E-state index in [2.05, 4.69) is 6.07 Å². The van der Waals surface area contributed by atoms with Crippen LogP contribution in [0.4, 0.5) is 0 Å². The fourth-order valence-corrected chi connectivity index (χ4v) is 1.41. The van der Waals surface area contributed by atoms with Crippen LogP contribution in [-0.2, 0) is 4.74 Å². The molecule has 0 saturated carbocycles. The Morgan fingerprint density at radius 1 is 1.83 bits per heavy atom. The molecule has 12 heavy (non-hydrogen) atoms. The molecule has 2 unspecified atom stereocenters. The van der Waals surface area contributed by atoms with Crippen molar-refractivity contribution in [1.29, 1.82) is 5.26 Å². The molecule has 1 fully saturated rings. The maximum absolute atomic E-state index is 8.97. The van der Waals surface area contributed by atoms with Gasteiger partial charge in [0.05, 0.1) is 38.0 Å². The van der Waals surface area contributed by atoms with E-state index >= 15 is 0 Å². The highest BCUT2D eigenvalue weighted by atomic mass is 16.5. The lowest BCUT2D eigenvalue weighted by atomic mass is 10.2. The Bertz CT molecular complexity index is 178. The van der Waals surface area contributed by atoms with Crippen LogP contribution in [0.2, 0.25) is 0 Å². The summed E-state index contributed by atoms with van der Waals surface area (Å²) in [5.74, 6) is 0. The smallest absolute Gasteiger partial charge is 0.0954 e. The highest BCUT2D eigenvalue weighted by Gasteiger charge is 2.25. The van der Waals surface area contributed by atoms with Gasteiger partial charge in [0.2, 0.25) is 0 Å². The van der Waals surface area contributed by atoms with Gasteiger partial charge >= 0.3 is 0 Å². The van der Waals surface area contributed by atoms with Crippen LogP contribution >= 0.6 is 0 Å². The van der Waals surface area contributed by atoms with E-state index in [-0.39, 0.29) is 18.7 Å². The molecular formula is C8H14N2O2. The van der Waals surface area contributed by atoms with Crippen molar-refractivity contribution in [3.05, 3.63) is 0 Å². The number of hydrogen-bond acceptors (Lipinski definition) is 4. The van der Waals surface area contributed by atoms with Crippen molar-refractivity contribution in [3.8, 4) is 6.07 Å². The van der Waals surface area contributed by atoms with E-state index in [0.717, 1.165) is 6.54 Å². The maximum Gasteiger partial charge on any atom is 0.0954 e. The molecule has 0 bridgehead atoms. The predicted octanol–water partition coefficient (Wildman–Crippen LogP) is -0.408. The largest absolute Gasteiger partial charge is 0.395 e. The van der Waals surface area contributed by atoms with Gasteiger partial charge in [0.15, 0.2) is 0 Å². The van der Waals surface area contributed by atoms with Gasteiger partial charge in [-0.15, -0.1) is 0 Å². The van der Waals surface area contributed by atoms with Gasteiger partial charge in [0.1, 0.15) is 0 Å². The van der Waals surface area contributed by atoms with Gasteiger partial charge in [-0.2, -0.15) is 5.26 Å². The molecule has 1 aliphatic heterocycles. The zero-order valence-corrected chi connectivity index (χ0v) is 7.23. The van der Waals surface area contributed by atoms with E-state index in [9.17, 15) is 0 Å². The number of aliphatic hydroxyl groups excluding tert-OH is 1. The molecule has 0 spiro atoms. The van der Waals surface area contributed by atoms with Gasteiger partial charge in [-0.1, -0.05) is 0 Å². The molecule has 0 aromatic rings. The van der Waals surface area contributed by atoms with Crippen molar-refractivity contribution in [2.45, 2.75) is 19.0 Å². The van der Waals surface area contributed by atoms with E-state index in [1.807, 2.05) is 11.8 Å². The van der Waals surface area contributed by atoms with E-state index < -0.39 is 0 Å². The Morgan fingerprint density at radius 2 is 2.58 bits per heavy atom. The van der Waals surface area contributed by atoms with Crippen LogP contribution in [0.15, 0.2) is 0 Å². The SMILES string of the molecule is CC(C#N)N1CCOCC1CO. The first-order valence-corrected chi connectivity index (χ1v) is 4.13. The van der Waals surface area contributed by atoms with Crippen LogP contribution in [-0.4, -0.2) is 48.5 Å². The fourth-order valence-electron chi connectivity index (χ4n) is 1.41. The molecule has 0 aromatic heterocycles. The molecule has 0 radical (unpaired) electrons. The summed E-state index contributed by atoms with van der Waals surface area (Å²) in [5.41, 5.74) is 0. The van der Waals surface area contributed by atoms with Crippen molar-refractivity contribution in [2.24, 2.45) is 0 Å². The zero-order valence-electron chi connectivity index (χ0n) is 7.23. The number of aliphatic hydroxyl groups is 1. The lowest BCUT2D eigenvalue weighted by Gasteiger charge is -2.35. The molecule has 68 valence electrons. The number of rotatable bonds is 2. The predicted molar refractivity (Wildman–Crippen MR) is 43.5 cm³/mol. The summed E-state index contributed by atoms with van der Waals surface area (Å²) in [5, 5.41) is 17.7. The van der Waals surface area contributed by atoms with Crippen LogP contribution in [0.5, 0.6) is 0 Å². The molecule has 4 heteroatoms. The average Bonchev–Trinajstić information content (AvgIpc) is 2.16. The van der Waals surface area contributed by atoms with Crippen LogP contribution in [0.1, 0.15) is 6.92 Å². The Morgan fingerprint density at radius 3 is 3.17 bits per heavy atom. The summed E-state index contributed by atoms with van der Waals surface area (Å²) in [7, 11) is 0. The average molecular weight is 170 g/mol. The summed E-state index contributed by atoms with van der Waals surface area (Å²) in [6.45, 7) is 3.82. The molecule has 0 aliphatic carbocycles. The Labute approximate surface area is 72.3 Å². The van der Waals surface area contributed by atoms with E-state index in [0.29, 0.717) is 13.2 Å². The first-order chi connectivity index (χ1) is 5.79. The summed E-state index contributed by atoms with van der Waals surface area (Å²) in [6, 6.07) is 2.02. The van der Waals surface area contributed by atoms with Crippen LogP contribution in [0.3, 0.4) is 0 Å². The molecule has 1 saturated heterocycles. The maximum atomic E-state index is 8.97. The fraction of sp³-hybridized carbons (Fsp3) is 0.875. The molecule has 2 atom stereocenters. The number of hydrogen-bond donors (Lipinski definition) is 1. The second kappa shape index (κ2) is 4.41. The minimum Gasteiger partial charge on any atom is -0.395 e. The Hall–Kier alpha value is -0.630. The number of morpholine rings is 1. The highest BCUT2D eigenvalue weighted by molar-refractivity contribution is 4.92. The minimum absolute atomic E-state index is 0.00611. The molecule has 1 aliphatic rings. The van der Waals surface area contributed by atoms with Crippen molar-refractivity contribution in [3.63, 3.8) is 0 Å². The number of nitriles is 1. The standard InChI is InChI=1S/C8H14N2O2/c1-7(4-9)10-2-3-12-6-8(10)5-11/h7-8,11H,2-3,5-6H2,1H3. The van der Waals surface area contributed by atoms with Gasteiger partial charge in [-0.25, -0.2) is 0 Å². The summed E-state index contributed by atoms with van der Waals surface area (Å²) < 4.78 is 5.19. The molecule has 4 nitrogen and oxygen atoms in total. The van der Waals surface area contributed by atoms with Gasteiger partial charge in [-0.05, 0) is 6.92 Å². The Balaban J connectivity index is 2.53. The van der Waals surface area contributed by atoms with Crippen molar-refractivity contribution >= 4 is 0 Å². The van der Waals surface area contributed by atoms with Crippen molar-refractivity contribution in [2.75, 3.05) is 26.4 Å². The third-order valence-corrected chi connectivity index (χ3v) is 2.17. The zero-order chi connectivity index (χ0) is 8.97. The molecule has 1 heterocycles. The Kier molecular flexibility index (Phi) is 3.48. The summed E-state index contributed by atoms with van der Waals surface area (Å²) in [6.07, 6.45) is 0. The quantitative estimate of drug-likeness (QED) is 0.612. The molecule has 1 N–H and O–H groups in total. The molecule has 0 amide bonds. The van der Waals surface area contributed by atoms with Gasteiger partial charge in [-0.3, -0.25) is 4.90 Å². The highest BCUT2D eigenvalue weighted by Crippen LogP contribution is 2.09. The van der Waals surface area contributed by atoms with Gasteiger partial charge < -0.3 is 9.84 Å². The first-order valence-electron chi connectivity index (χ1n) is 4.13. The molecule has 0 aromatic carbocycles. The minimum atomic E-state index is -0.133. The topological polar surface area (TPSA) is 56.5 Å². The first kappa shape index (κ1) is 9.46. The van der Waals surface area contributed by atoms with Crippen molar-refractivity contribution < 1.29 is 9.84 Å². The third-order valence-electron chi connectivity index (χ3n) is 2.17. The summed E-state index contributed by atoms with van der Waals surface area (Å²) >= 11 is 0. The molecular weight excluding hydrogens is 156 g/mol. The monoisotopic (exact) mass is 170 g/mol. The normalized spacial score (nSPS) is 27.9. The van der Waals surface area contributed by atoms with Crippen LogP contribution in [0, 0.1) is 11.3 Å². The van der Waals surface area contributed by atoms with Crippen LogP contribution < -0.4 is 0 Å². The third kappa shape index (κ3) is 1.95. The lowest BCUT2D eigenvalue weighted by molar-refractivity contribution is -0.0352. The van der Waals surface area contributed by atoms with Crippen molar-refractivity contribution in [1.82, 2.24) is 4.90 Å². The number of ether oxygens (including phenoxy) is 1. The summed E-state index contributed by atoms with van der Waals surface area (Å²) in [4.78, 5) is 1.98. The van der Waals surface area contributed by atoms with Gasteiger partial charge in [0, 0.05) is 6.54 Å². The second-order valence-electron chi connectivity index (χ2n) is 2.95. The van der Waals surface area contributed by atoms with Crippen LogP contribution in [0.25, 0.3) is 0 Å². The van der Waals surface area contributed by atoms with E-state index in [4.69, 9.17) is 15.1 Å². The van der Waals surface area contributed by atoms with E-state index in [1.54, 1.807) is 0 Å². The number of nitrogens with zero attached hydrogens (tertiary/aromatic N) is 2. The molecule has 1 rings (SSSR count). The van der Waals surface area contributed by atoms with Gasteiger partial charge in [0.25, 0.3) is 0 Å².